The summed E-state index contributed by atoms with van der Waals surface area (Å²) in [7, 11) is 0. The number of rotatable bonds is 4. The standard InChI is InChI=1S/C18H16ClN3OS/c1-11-3-5-14(6-4-11)16-17(24-22-21-16)18(23)20-12(2)13-7-9-15(19)10-8-13/h3-10,12H,1-2H3,(H,20,23)/t12-/m1/s1. The molecule has 6 heteroatoms. The average molecular weight is 358 g/mol. The first-order valence-electron chi connectivity index (χ1n) is 7.50. The predicted octanol–water partition coefficient (Wildman–Crippen LogP) is 4.66. The van der Waals surface area contributed by atoms with E-state index in [0.29, 0.717) is 15.6 Å². The van der Waals surface area contributed by atoms with Gasteiger partial charge in [0.15, 0.2) is 0 Å². The van der Waals surface area contributed by atoms with Gasteiger partial charge in [-0.15, -0.1) is 5.10 Å². The van der Waals surface area contributed by atoms with Gasteiger partial charge in [0.1, 0.15) is 10.6 Å². The van der Waals surface area contributed by atoms with E-state index in [4.69, 9.17) is 11.6 Å². The molecule has 0 aliphatic heterocycles. The molecule has 1 atom stereocenters. The maximum Gasteiger partial charge on any atom is 0.265 e. The number of carbonyl (C=O) groups is 1. The molecular formula is C18H16ClN3OS. The van der Waals surface area contributed by atoms with E-state index in [-0.39, 0.29) is 11.9 Å². The lowest BCUT2D eigenvalue weighted by Crippen LogP contribution is -2.26. The number of aromatic nitrogens is 2. The molecule has 0 spiro atoms. The topological polar surface area (TPSA) is 54.9 Å². The van der Waals surface area contributed by atoms with Crippen LogP contribution in [0.1, 0.15) is 33.8 Å². The molecule has 1 amide bonds. The molecule has 0 fully saturated rings. The zero-order valence-corrected chi connectivity index (χ0v) is 14.9. The van der Waals surface area contributed by atoms with Crippen molar-refractivity contribution in [1.82, 2.24) is 14.9 Å². The summed E-state index contributed by atoms with van der Waals surface area (Å²) in [5.74, 6) is -0.178. The van der Waals surface area contributed by atoms with Gasteiger partial charge in [0.2, 0.25) is 0 Å². The summed E-state index contributed by atoms with van der Waals surface area (Å²) in [6, 6.07) is 15.2. The van der Waals surface area contributed by atoms with Crippen LogP contribution in [0.25, 0.3) is 11.3 Å². The summed E-state index contributed by atoms with van der Waals surface area (Å²) in [6.45, 7) is 3.95. The molecule has 1 aromatic heterocycles. The number of benzene rings is 2. The summed E-state index contributed by atoms with van der Waals surface area (Å²) in [6.07, 6.45) is 0. The highest BCUT2D eigenvalue weighted by atomic mass is 35.5. The molecule has 0 aliphatic rings. The lowest BCUT2D eigenvalue weighted by atomic mass is 10.1. The lowest BCUT2D eigenvalue weighted by molar-refractivity contribution is 0.0944. The summed E-state index contributed by atoms with van der Waals surface area (Å²) in [4.78, 5) is 13.1. The quantitative estimate of drug-likeness (QED) is 0.738. The van der Waals surface area contributed by atoms with Gasteiger partial charge in [-0.25, -0.2) is 0 Å². The Bertz CT molecular complexity index is 843. The van der Waals surface area contributed by atoms with E-state index in [1.165, 1.54) is 0 Å². The van der Waals surface area contributed by atoms with E-state index in [0.717, 1.165) is 28.2 Å². The van der Waals surface area contributed by atoms with Crippen molar-refractivity contribution >= 4 is 29.0 Å². The largest absolute Gasteiger partial charge is 0.345 e. The maximum absolute atomic E-state index is 12.6. The predicted molar refractivity (Wildman–Crippen MR) is 97.4 cm³/mol. The van der Waals surface area contributed by atoms with Crippen LogP contribution < -0.4 is 5.32 Å². The molecule has 3 aromatic rings. The number of amides is 1. The van der Waals surface area contributed by atoms with E-state index in [1.54, 1.807) is 0 Å². The van der Waals surface area contributed by atoms with Crippen molar-refractivity contribution in [1.29, 1.82) is 0 Å². The Morgan fingerprint density at radius 2 is 1.79 bits per heavy atom. The molecule has 1 heterocycles. The first-order valence-corrected chi connectivity index (χ1v) is 8.65. The van der Waals surface area contributed by atoms with Crippen LogP contribution >= 0.6 is 23.1 Å². The van der Waals surface area contributed by atoms with Crippen molar-refractivity contribution in [2.45, 2.75) is 19.9 Å². The van der Waals surface area contributed by atoms with Crippen LogP contribution in [-0.2, 0) is 0 Å². The molecule has 1 N–H and O–H groups in total. The molecule has 3 rings (SSSR count). The number of nitrogens with zero attached hydrogens (tertiary/aromatic N) is 2. The van der Waals surface area contributed by atoms with Crippen LogP contribution in [0.4, 0.5) is 0 Å². The molecule has 0 bridgehead atoms. The second-order valence-electron chi connectivity index (χ2n) is 5.56. The van der Waals surface area contributed by atoms with Crippen molar-refractivity contribution in [3.05, 3.63) is 69.6 Å². The summed E-state index contributed by atoms with van der Waals surface area (Å²) in [5.41, 5.74) is 3.64. The van der Waals surface area contributed by atoms with Crippen LogP contribution in [0.5, 0.6) is 0 Å². The van der Waals surface area contributed by atoms with Gasteiger partial charge in [0.25, 0.3) is 5.91 Å². The van der Waals surface area contributed by atoms with Gasteiger partial charge < -0.3 is 5.32 Å². The van der Waals surface area contributed by atoms with Crippen molar-refractivity contribution < 1.29 is 4.79 Å². The van der Waals surface area contributed by atoms with Gasteiger partial charge in [-0.3, -0.25) is 4.79 Å². The van der Waals surface area contributed by atoms with Crippen LogP contribution in [0.2, 0.25) is 5.02 Å². The molecule has 122 valence electrons. The zero-order valence-electron chi connectivity index (χ0n) is 13.3. The SMILES string of the molecule is Cc1ccc(-c2nnsc2C(=O)N[C@H](C)c2ccc(Cl)cc2)cc1. The van der Waals surface area contributed by atoms with Crippen LogP contribution in [-0.4, -0.2) is 15.5 Å². The Kier molecular flexibility index (Phi) is 4.92. The molecule has 0 unspecified atom stereocenters. The highest BCUT2D eigenvalue weighted by Gasteiger charge is 2.19. The van der Waals surface area contributed by atoms with Gasteiger partial charge in [-0.05, 0) is 43.1 Å². The van der Waals surface area contributed by atoms with E-state index in [9.17, 15) is 4.79 Å². The van der Waals surface area contributed by atoms with Gasteiger partial charge in [0, 0.05) is 10.6 Å². The highest BCUT2D eigenvalue weighted by Crippen LogP contribution is 2.25. The molecule has 24 heavy (non-hydrogen) atoms. The Morgan fingerprint density at radius 3 is 2.46 bits per heavy atom. The summed E-state index contributed by atoms with van der Waals surface area (Å²) >= 11 is 7.00. The highest BCUT2D eigenvalue weighted by molar-refractivity contribution is 7.08. The molecular weight excluding hydrogens is 342 g/mol. The minimum atomic E-state index is -0.178. The van der Waals surface area contributed by atoms with Crippen molar-refractivity contribution in [2.75, 3.05) is 0 Å². The second kappa shape index (κ2) is 7.11. The van der Waals surface area contributed by atoms with Crippen molar-refractivity contribution in [3.63, 3.8) is 0 Å². The summed E-state index contributed by atoms with van der Waals surface area (Å²) < 4.78 is 3.95. The number of aryl methyl sites for hydroxylation is 1. The molecule has 4 nitrogen and oxygen atoms in total. The van der Waals surface area contributed by atoms with Gasteiger partial charge >= 0.3 is 0 Å². The Hall–Kier alpha value is -2.24. The second-order valence-corrected chi connectivity index (χ2v) is 6.75. The molecule has 2 aromatic carbocycles. The van der Waals surface area contributed by atoms with Crippen LogP contribution in [0.15, 0.2) is 48.5 Å². The fourth-order valence-corrected chi connectivity index (χ4v) is 3.05. The van der Waals surface area contributed by atoms with E-state index in [2.05, 4.69) is 14.9 Å². The minimum absolute atomic E-state index is 0.136. The first-order chi connectivity index (χ1) is 11.5. The van der Waals surface area contributed by atoms with E-state index < -0.39 is 0 Å². The van der Waals surface area contributed by atoms with Crippen LogP contribution in [0, 0.1) is 6.92 Å². The van der Waals surface area contributed by atoms with Crippen molar-refractivity contribution in [2.24, 2.45) is 0 Å². The summed E-state index contributed by atoms with van der Waals surface area (Å²) in [5, 5.41) is 7.78. The monoisotopic (exact) mass is 357 g/mol. The maximum atomic E-state index is 12.6. The van der Waals surface area contributed by atoms with Gasteiger partial charge in [0.05, 0.1) is 6.04 Å². The Labute approximate surface area is 149 Å². The van der Waals surface area contributed by atoms with Crippen LogP contribution in [0.3, 0.4) is 0 Å². The Morgan fingerprint density at radius 1 is 1.12 bits per heavy atom. The molecule has 0 radical (unpaired) electrons. The number of hydrogen-bond donors (Lipinski definition) is 1. The smallest absolute Gasteiger partial charge is 0.265 e. The minimum Gasteiger partial charge on any atom is -0.345 e. The number of nitrogens with one attached hydrogen (secondary N) is 1. The molecule has 0 saturated carbocycles. The number of halogens is 1. The van der Waals surface area contributed by atoms with Gasteiger partial charge in [-0.2, -0.15) is 0 Å². The van der Waals surface area contributed by atoms with E-state index >= 15 is 0 Å². The normalized spacial score (nSPS) is 12.0. The van der Waals surface area contributed by atoms with Gasteiger partial charge in [-0.1, -0.05) is 58.1 Å². The fourth-order valence-electron chi connectivity index (χ4n) is 2.34. The third kappa shape index (κ3) is 3.63. The molecule has 0 aliphatic carbocycles. The third-order valence-electron chi connectivity index (χ3n) is 3.74. The first kappa shape index (κ1) is 16.6. The fraction of sp³-hybridized carbons (Fsp3) is 0.167. The lowest BCUT2D eigenvalue weighted by Gasteiger charge is -2.14. The molecule has 0 saturated heterocycles. The van der Waals surface area contributed by atoms with Crippen molar-refractivity contribution in [3.8, 4) is 11.3 Å². The number of carbonyl (C=O) groups excluding carboxylic acids is 1. The Balaban J connectivity index is 1.80. The third-order valence-corrected chi connectivity index (χ3v) is 4.71. The average Bonchev–Trinajstić information content (AvgIpc) is 3.06. The van der Waals surface area contributed by atoms with E-state index in [1.807, 2.05) is 62.4 Å². The number of hydrogen-bond acceptors (Lipinski definition) is 4. The zero-order chi connectivity index (χ0) is 17.1.